The highest BCUT2D eigenvalue weighted by Crippen LogP contribution is 2.28. The van der Waals surface area contributed by atoms with Crippen molar-refractivity contribution >= 4 is 0 Å². The number of rotatable bonds is 3. The van der Waals surface area contributed by atoms with Gasteiger partial charge in [-0.25, -0.2) is 0 Å². The molecule has 3 heteroatoms. The van der Waals surface area contributed by atoms with Crippen LogP contribution < -0.4 is 5.73 Å². The van der Waals surface area contributed by atoms with Gasteiger partial charge in [-0.05, 0) is 38.1 Å². The minimum Gasteiger partial charge on any atom is -0.380 e. The summed E-state index contributed by atoms with van der Waals surface area (Å²) >= 11 is 0. The van der Waals surface area contributed by atoms with Gasteiger partial charge in [-0.2, -0.15) is 0 Å². The maximum atomic E-state index is 5.93. The molecule has 2 rings (SSSR count). The summed E-state index contributed by atoms with van der Waals surface area (Å²) in [6.07, 6.45) is 6.47. The van der Waals surface area contributed by atoms with Crippen LogP contribution in [0.1, 0.15) is 39.0 Å². The van der Waals surface area contributed by atoms with Gasteiger partial charge < -0.3 is 10.5 Å². The molecule has 0 spiro atoms. The molecule has 0 saturated carbocycles. The zero-order valence-corrected chi connectivity index (χ0v) is 10.5. The largest absolute Gasteiger partial charge is 0.380 e. The molecule has 2 fully saturated rings. The van der Waals surface area contributed by atoms with Crippen LogP contribution in [0.4, 0.5) is 0 Å². The van der Waals surface area contributed by atoms with Crippen LogP contribution >= 0.6 is 0 Å². The first-order chi connectivity index (χ1) is 7.85. The van der Waals surface area contributed by atoms with Crippen molar-refractivity contribution in [2.75, 3.05) is 26.3 Å². The van der Waals surface area contributed by atoms with E-state index in [9.17, 15) is 0 Å². The van der Waals surface area contributed by atoms with E-state index in [1.165, 1.54) is 38.6 Å². The van der Waals surface area contributed by atoms with E-state index in [1.54, 1.807) is 0 Å². The third-order valence-electron chi connectivity index (χ3n) is 4.32. The molecule has 3 atom stereocenters. The second-order valence-electron chi connectivity index (χ2n) is 5.30. The number of nitrogens with two attached hydrogens (primary N) is 1. The molecule has 0 amide bonds. The minimum atomic E-state index is 0.602. The molecule has 2 saturated heterocycles. The van der Waals surface area contributed by atoms with Gasteiger partial charge in [-0.1, -0.05) is 13.3 Å². The maximum Gasteiger partial charge on any atom is 0.0621 e. The lowest BCUT2D eigenvalue weighted by molar-refractivity contribution is -0.0184. The summed E-state index contributed by atoms with van der Waals surface area (Å²) in [5.74, 6) is 0.898. The molecule has 3 nitrogen and oxygen atoms in total. The fourth-order valence-electron chi connectivity index (χ4n) is 3.22. The van der Waals surface area contributed by atoms with Crippen LogP contribution in [0.25, 0.3) is 0 Å². The van der Waals surface area contributed by atoms with Crippen molar-refractivity contribution in [3.05, 3.63) is 0 Å². The molecule has 2 aliphatic heterocycles. The number of likely N-dealkylation sites (tertiary alicyclic amines) is 1. The van der Waals surface area contributed by atoms with Crippen LogP contribution in [0.3, 0.4) is 0 Å². The van der Waals surface area contributed by atoms with E-state index in [4.69, 9.17) is 10.5 Å². The Hall–Kier alpha value is -0.120. The Morgan fingerprint density at radius 2 is 2.25 bits per heavy atom. The highest BCUT2D eigenvalue weighted by atomic mass is 16.5. The van der Waals surface area contributed by atoms with Gasteiger partial charge in [0.2, 0.25) is 0 Å². The first-order valence-electron chi connectivity index (χ1n) is 6.88. The third-order valence-corrected chi connectivity index (χ3v) is 4.32. The van der Waals surface area contributed by atoms with Gasteiger partial charge in [-0.15, -0.1) is 0 Å². The molecule has 2 N–H and O–H groups in total. The van der Waals surface area contributed by atoms with E-state index in [0.29, 0.717) is 12.1 Å². The van der Waals surface area contributed by atoms with Gasteiger partial charge in [0.25, 0.3) is 0 Å². The Balaban J connectivity index is 1.92. The van der Waals surface area contributed by atoms with Gasteiger partial charge in [-0.3, -0.25) is 4.90 Å². The van der Waals surface area contributed by atoms with Crippen molar-refractivity contribution < 1.29 is 4.74 Å². The fourth-order valence-corrected chi connectivity index (χ4v) is 3.22. The number of ether oxygens (including phenoxy) is 1. The smallest absolute Gasteiger partial charge is 0.0621 e. The Morgan fingerprint density at radius 3 is 2.88 bits per heavy atom. The SMILES string of the molecule is CCC1CCN(C2CCCOC2)C(CN)C1. The van der Waals surface area contributed by atoms with Crippen molar-refractivity contribution in [1.82, 2.24) is 4.90 Å². The Morgan fingerprint density at radius 1 is 1.38 bits per heavy atom. The van der Waals surface area contributed by atoms with Crippen molar-refractivity contribution in [1.29, 1.82) is 0 Å². The van der Waals surface area contributed by atoms with Crippen LogP contribution in [0.15, 0.2) is 0 Å². The number of hydrogen-bond donors (Lipinski definition) is 1. The predicted octanol–water partition coefficient (Wildman–Crippen LogP) is 1.61. The molecule has 0 aliphatic carbocycles. The van der Waals surface area contributed by atoms with Crippen molar-refractivity contribution in [2.24, 2.45) is 11.7 Å². The summed E-state index contributed by atoms with van der Waals surface area (Å²) in [5.41, 5.74) is 5.93. The summed E-state index contributed by atoms with van der Waals surface area (Å²) in [4.78, 5) is 2.63. The number of piperidine rings is 1. The molecular formula is C13H26N2O. The number of hydrogen-bond acceptors (Lipinski definition) is 3. The van der Waals surface area contributed by atoms with Gasteiger partial charge in [0.05, 0.1) is 6.61 Å². The highest BCUT2D eigenvalue weighted by molar-refractivity contribution is 4.87. The molecule has 94 valence electrons. The van der Waals surface area contributed by atoms with Crippen molar-refractivity contribution in [2.45, 2.75) is 51.1 Å². The van der Waals surface area contributed by atoms with E-state index in [-0.39, 0.29) is 0 Å². The average Bonchev–Trinajstić information content (AvgIpc) is 2.39. The Kier molecular flexibility index (Phi) is 4.62. The summed E-state index contributed by atoms with van der Waals surface area (Å²) < 4.78 is 5.60. The summed E-state index contributed by atoms with van der Waals surface area (Å²) in [5, 5.41) is 0. The zero-order valence-electron chi connectivity index (χ0n) is 10.5. The Labute approximate surface area is 99.3 Å². The van der Waals surface area contributed by atoms with E-state index < -0.39 is 0 Å². The van der Waals surface area contributed by atoms with E-state index >= 15 is 0 Å². The van der Waals surface area contributed by atoms with Crippen molar-refractivity contribution in [3.8, 4) is 0 Å². The van der Waals surface area contributed by atoms with E-state index in [0.717, 1.165) is 25.7 Å². The zero-order chi connectivity index (χ0) is 11.4. The molecule has 0 radical (unpaired) electrons. The molecular weight excluding hydrogens is 200 g/mol. The van der Waals surface area contributed by atoms with Gasteiger partial charge in [0, 0.05) is 25.2 Å². The minimum absolute atomic E-state index is 0.602. The van der Waals surface area contributed by atoms with E-state index in [2.05, 4.69) is 11.8 Å². The number of nitrogens with zero attached hydrogens (tertiary/aromatic N) is 1. The van der Waals surface area contributed by atoms with Gasteiger partial charge in [0.15, 0.2) is 0 Å². The van der Waals surface area contributed by atoms with Gasteiger partial charge >= 0.3 is 0 Å². The molecule has 0 bridgehead atoms. The lowest BCUT2D eigenvalue weighted by Gasteiger charge is -2.44. The van der Waals surface area contributed by atoms with E-state index in [1.807, 2.05) is 0 Å². The first kappa shape index (κ1) is 12.3. The monoisotopic (exact) mass is 226 g/mol. The maximum absolute atomic E-state index is 5.93. The standard InChI is InChI=1S/C13H26N2O/c1-2-11-5-6-15(13(8-11)9-14)12-4-3-7-16-10-12/h11-13H,2-10,14H2,1H3. The average molecular weight is 226 g/mol. The summed E-state index contributed by atoms with van der Waals surface area (Å²) in [6.45, 7) is 6.22. The Bertz CT molecular complexity index is 204. The molecule has 16 heavy (non-hydrogen) atoms. The molecule has 2 heterocycles. The third kappa shape index (κ3) is 2.76. The second kappa shape index (κ2) is 5.99. The molecule has 0 aromatic heterocycles. The highest BCUT2D eigenvalue weighted by Gasteiger charge is 2.32. The fraction of sp³-hybridized carbons (Fsp3) is 1.00. The van der Waals surface area contributed by atoms with Gasteiger partial charge in [0.1, 0.15) is 0 Å². The van der Waals surface area contributed by atoms with Crippen LogP contribution in [0, 0.1) is 5.92 Å². The lowest BCUT2D eigenvalue weighted by Crippen LogP contribution is -2.53. The normalized spacial score (nSPS) is 37.5. The first-order valence-corrected chi connectivity index (χ1v) is 6.88. The van der Waals surface area contributed by atoms with Crippen LogP contribution in [0.2, 0.25) is 0 Å². The van der Waals surface area contributed by atoms with Crippen molar-refractivity contribution in [3.63, 3.8) is 0 Å². The summed E-state index contributed by atoms with van der Waals surface area (Å²) in [6, 6.07) is 1.24. The predicted molar refractivity (Wildman–Crippen MR) is 66.4 cm³/mol. The van der Waals surface area contributed by atoms with Crippen LogP contribution in [0.5, 0.6) is 0 Å². The molecule has 0 aromatic rings. The topological polar surface area (TPSA) is 38.5 Å². The van der Waals surface area contributed by atoms with Crippen LogP contribution in [-0.4, -0.2) is 43.3 Å². The molecule has 0 aromatic carbocycles. The second-order valence-corrected chi connectivity index (χ2v) is 5.30. The van der Waals surface area contributed by atoms with Crippen LogP contribution in [-0.2, 0) is 4.74 Å². The molecule has 3 unspecified atom stereocenters. The summed E-state index contributed by atoms with van der Waals surface area (Å²) in [7, 11) is 0. The lowest BCUT2D eigenvalue weighted by atomic mass is 9.87. The quantitative estimate of drug-likeness (QED) is 0.794. The molecule has 2 aliphatic rings.